The van der Waals surface area contributed by atoms with Crippen LogP contribution in [0.25, 0.3) is 0 Å². The summed E-state index contributed by atoms with van der Waals surface area (Å²) in [6, 6.07) is 13.1. The van der Waals surface area contributed by atoms with Gasteiger partial charge in [0.1, 0.15) is 18.2 Å². The lowest BCUT2D eigenvalue weighted by Gasteiger charge is -2.13. The van der Waals surface area contributed by atoms with E-state index in [4.69, 9.17) is 4.74 Å². The highest BCUT2D eigenvalue weighted by atomic mass is 19.1. The van der Waals surface area contributed by atoms with Gasteiger partial charge in [0.25, 0.3) is 5.91 Å². The van der Waals surface area contributed by atoms with Crippen LogP contribution in [0.5, 0.6) is 5.75 Å². The van der Waals surface area contributed by atoms with Crippen LogP contribution in [0.1, 0.15) is 35.7 Å². The zero-order valence-electron chi connectivity index (χ0n) is 13.4. The summed E-state index contributed by atoms with van der Waals surface area (Å²) >= 11 is 0. The third kappa shape index (κ3) is 4.13. The first-order valence-corrected chi connectivity index (χ1v) is 7.85. The summed E-state index contributed by atoms with van der Waals surface area (Å²) in [5.74, 6) is -0.0621. The highest BCUT2D eigenvalue weighted by Crippen LogP contribution is 2.29. The van der Waals surface area contributed by atoms with Gasteiger partial charge in [-0.25, -0.2) is 4.39 Å². The molecule has 0 aromatic heterocycles. The molecular weight excluding hydrogens is 307 g/mol. The summed E-state index contributed by atoms with van der Waals surface area (Å²) in [7, 11) is 0. The minimum atomic E-state index is -0.287. The summed E-state index contributed by atoms with van der Waals surface area (Å²) in [5, 5.41) is 0. The lowest BCUT2D eigenvalue weighted by atomic mass is 10.2. The normalized spacial score (nSPS) is 12.5. The summed E-state index contributed by atoms with van der Waals surface area (Å²) < 4.78 is 18.7. The van der Waals surface area contributed by atoms with Gasteiger partial charge in [-0.2, -0.15) is 0 Å². The van der Waals surface area contributed by atoms with E-state index in [1.165, 1.54) is 17.7 Å². The fourth-order valence-corrected chi connectivity index (χ4v) is 2.27. The zero-order valence-corrected chi connectivity index (χ0v) is 13.4. The number of benzene rings is 2. The van der Waals surface area contributed by atoms with Crippen molar-refractivity contribution in [2.24, 2.45) is 0 Å². The van der Waals surface area contributed by atoms with Crippen LogP contribution in [0.3, 0.4) is 0 Å². The molecule has 0 spiro atoms. The molecule has 0 bridgehead atoms. The standard InChI is InChI=1S/C19H19FN2O2/c1-13(15-8-9-15)21-22-19(23)17-4-2-3-5-18(17)24-12-14-6-10-16(20)11-7-14/h2-7,10-11,21H,8-9,12H2,1H3,(H,22,23). The Balaban J connectivity index is 1.64. The second kappa shape index (κ2) is 7.17. The first-order chi connectivity index (χ1) is 11.6. The second-order valence-electron chi connectivity index (χ2n) is 5.72. The van der Waals surface area contributed by atoms with Crippen molar-refractivity contribution >= 4 is 5.91 Å². The number of halogens is 1. The number of rotatable bonds is 6. The number of nitrogens with one attached hydrogen (secondary N) is 2. The minimum absolute atomic E-state index is 0.259. The number of carbonyl (C=O) groups is 1. The summed E-state index contributed by atoms with van der Waals surface area (Å²) in [5.41, 5.74) is 9.22. The van der Waals surface area contributed by atoms with E-state index >= 15 is 0 Å². The largest absolute Gasteiger partial charge is 0.488 e. The fraction of sp³-hybridized carbons (Fsp3) is 0.211. The number of hydrogen-bond acceptors (Lipinski definition) is 3. The van der Waals surface area contributed by atoms with Gasteiger partial charge in [0.2, 0.25) is 0 Å². The number of hydrazine groups is 1. The van der Waals surface area contributed by atoms with Gasteiger partial charge in [0.05, 0.1) is 5.56 Å². The highest BCUT2D eigenvalue weighted by Gasteiger charge is 2.16. The van der Waals surface area contributed by atoms with Gasteiger partial charge < -0.3 is 10.2 Å². The van der Waals surface area contributed by atoms with Crippen molar-refractivity contribution in [1.82, 2.24) is 10.9 Å². The van der Waals surface area contributed by atoms with E-state index in [-0.39, 0.29) is 18.3 Å². The molecule has 1 saturated carbocycles. The number of para-hydroxylation sites is 1. The maximum atomic E-state index is 12.9. The SMILES string of the molecule is CC(NNC(=O)c1ccccc1OCc1ccc(F)cc1)=C1CC1. The molecule has 4 nitrogen and oxygen atoms in total. The van der Waals surface area contributed by atoms with Gasteiger partial charge in [-0.3, -0.25) is 10.2 Å². The van der Waals surface area contributed by atoms with Crippen LogP contribution >= 0.6 is 0 Å². The van der Waals surface area contributed by atoms with Crippen LogP contribution in [0.4, 0.5) is 4.39 Å². The van der Waals surface area contributed by atoms with Crippen molar-refractivity contribution in [3.63, 3.8) is 0 Å². The Morgan fingerprint density at radius 2 is 1.79 bits per heavy atom. The van der Waals surface area contributed by atoms with E-state index in [0.29, 0.717) is 11.3 Å². The van der Waals surface area contributed by atoms with Crippen LogP contribution in [0.2, 0.25) is 0 Å². The molecule has 3 rings (SSSR count). The lowest BCUT2D eigenvalue weighted by molar-refractivity contribution is 0.0934. The smallest absolute Gasteiger partial charge is 0.273 e. The minimum Gasteiger partial charge on any atom is -0.488 e. The molecule has 0 aliphatic heterocycles. The van der Waals surface area contributed by atoms with Crippen LogP contribution in [-0.4, -0.2) is 5.91 Å². The quantitative estimate of drug-likeness (QED) is 0.796. The number of hydrogen-bond donors (Lipinski definition) is 2. The fourth-order valence-electron chi connectivity index (χ4n) is 2.27. The van der Waals surface area contributed by atoms with Crippen LogP contribution < -0.4 is 15.6 Å². The van der Waals surface area contributed by atoms with Gasteiger partial charge in [-0.1, -0.05) is 24.3 Å². The van der Waals surface area contributed by atoms with E-state index < -0.39 is 0 Å². The van der Waals surface area contributed by atoms with Crippen molar-refractivity contribution in [1.29, 1.82) is 0 Å². The third-order valence-electron chi connectivity index (χ3n) is 3.83. The van der Waals surface area contributed by atoms with Gasteiger partial charge in [-0.05, 0) is 55.2 Å². The van der Waals surface area contributed by atoms with Crippen molar-refractivity contribution < 1.29 is 13.9 Å². The van der Waals surface area contributed by atoms with Gasteiger partial charge in [0, 0.05) is 5.70 Å². The molecule has 2 aromatic carbocycles. The van der Waals surface area contributed by atoms with Gasteiger partial charge in [0.15, 0.2) is 0 Å². The number of carbonyl (C=O) groups excluding carboxylic acids is 1. The van der Waals surface area contributed by atoms with Crippen molar-refractivity contribution in [2.75, 3.05) is 0 Å². The molecule has 1 aliphatic rings. The zero-order chi connectivity index (χ0) is 16.9. The second-order valence-corrected chi connectivity index (χ2v) is 5.72. The Labute approximate surface area is 140 Å². The summed E-state index contributed by atoms with van der Waals surface area (Å²) in [6.45, 7) is 2.21. The molecule has 1 amide bonds. The lowest BCUT2D eigenvalue weighted by Crippen LogP contribution is -2.36. The predicted molar refractivity (Wildman–Crippen MR) is 89.7 cm³/mol. The number of ether oxygens (including phenoxy) is 1. The molecule has 0 unspecified atom stereocenters. The van der Waals surface area contributed by atoms with Crippen LogP contribution in [0.15, 0.2) is 59.8 Å². The highest BCUT2D eigenvalue weighted by molar-refractivity contribution is 5.96. The average molecular weight is 326 g/mol. The number of allylic oxidation sites excluding steroid dienone is 2. The van der Waals surface area contributed by atoms with E-state index in [1.807, 2.05) is 13.0 Å². The van der Waals surface area contributed by atoms with E-state index in [0.717, 1.165) is 24.1 Å². The van der Waals surface area contributed by atoms with E-state index in [1.54, 1.807) is 30.3 Å². The summed E-state index contributed by atoms with van der Waals surface area (Å²) in [6.07, 6.45) is 2.18. The van der Waals surface area contributed by atoms with Crippen molar-refractivity contribution in [3.05, 3.63) is 76.7 Å². The molecule has 0 heterocycles. The van der Waals surface area contributed by atoms with Gasteiger partial charge in [-0.15, -0.1) is 0 Å². The van der Waals surface area contributed by atoms with E-state index in [9.17, 15) is 9.18 Å². The summed E-state index contributed by atoms with van der Waals surface area (Å²) in [4.78, 5) is 12.3. The number of amides is 1. The molecule has 1 fully saturated rings. The predicted octanol–water partition coefficient (Wildman–Crippen LogP) is 3.71. The molecular formula is C19H19FN2O2. The monoisotopic (exact) mass is 326 g/mol. The Morgan fingerprint density at radius 1 is 1.08 bits per heavy atom. The Bertz CT molecular complexity index is 763. The van der Waals surface area contributed by atoms with Crippen LogP contribution in [-0.2, 0) is 6.61 Å². The molecule has 5 heteroatoms. The first kappa shape index (κ1) is 16.1. The maximum Gasteiger partial charge on any atom is 0.273 e. The molecule has 1 aliphatic carbocycles. The molecule has 2 aromatic rings. The molecule has 124 valence electrons. The third-order valence-corrected chi connectivity index (χ3v) is 3.83. The molecule has 0 saturated heterocycles. The van der Waals surface area contributed by atoms with Crippen LogP contribution in [0, 0.1) is 5.82 Å². The Morgan fingerprint density at radius 3 is 2.50 bits per heavy atom. The van der Waals surface area contributed by atoms with Crippen molar-refractivity contribution in [2.45, 2.75) is 26.4 Å². The molecule has 24 heavy (non-hydrogen) atoms. The average Bonchev–Trinajstić information content (AvgIpc) is 3.44. The van der Waals surface area contributed by atoms with E-state index in [2.05, 4.69) is 10.9 Å². The topological polar surface area (TPSA) is 50.4 Å². The molecule has 2 N–H and O–H groups in total. The molecule has 0 radical (unpaired) electrons. The van der Waals surface area contributed by atoms with Gasteiger partial charge >= 0.3 is 0 Å². The first-order valence-electron chi connectivity index (χ1n) is 7.85. The Kier molecular flexibility index (Phi) is 4.79. The Hall–Kier alpha value is -2.82. The maximum absolute atomic E-state index is 12.9. The molecule has 0 atom stereocenters. The van der Waals surface area contributed by atoms with Crippen molar-refractivity contribution in [3.8, 4) is 5.75 Å².